The Balaban J connectivity index is 1.12. The third-order valence-corrected chi connectivity index (χ3v) is 10.1. The van der Waals surface area contributed by atoms with Gasteiger partial charge in [-0.2, -0.15) is 0 Å². The van der Waals surface area contributed by atoms with Gasteiger partial charge in [0.2, 0.25) is 0 Å². The van der Waals surface area contributed by atoms with E-state index in [1.54, 1.807) is 0 Å². The minimum Gasteiger partial charge on any atom is -0.455 e. The summed E-state index contributed by atoms with van der Waals surface area (Å²) in [5, 5.41) is 31.4. The molecule has 0 bridgehead atoms. The van der Waals surface area contributed by atoms with Crippen molar-refractivity contribution in [3.8, 4) is 0 Å². The van der Waals surface area contributed by atoms with E-state index in [-0.39, 0.29) is 42.6 Å². The van der Waals surface area contributed by atoms with Crippen molar-refractivity contribution >= 4 is 5.97 Å². The highest BCUT2D eigenvalue weighted by Crippen LogP contribution is 2.34. The van der Waals surface area contributed by atoms with Crippen LogP contribution in [0.4, 0.5) is 0 Å². The molecule has 2 saturated heterocycles. The van der Waals surface area contributed by atoms with E-state index in [9.17, 15) is 20.1 Å². The van der Waals surface area contributed by atoms with Crippen LogP contribution in [-0.4, -0.2) is 70.1 Å². The molecule has 0 aromatic carbocycles. The highest BCUT2D eigenvalue weighted by Gasteiger charge is 2.40. The second-order valence-corrected chi connectivity index (χ2v) is 14.0. The molecular formula is C37H66O7. The van der Waals surface area contributed by atoms with E-state index in [4.69, 9.17) is 14.2 Å². The predicted octanol–water partition coefficient (Wildman–Crippen LogP) is 7.86. The second kappa shape index (κ2) is 21.7. The number of carbonyl (C=O) groups is 1. The molecule has 0 spiro atoms. The number of carbonyl (C=O) groups excluding carboxylic acids is 1. The summed E-state index contributed by atoms with van der Waals surface area (Å²) in [4.78, 5) is 11.6. The predicted molar refractivity (Wildman–Crippen MR) is 175 cm³/mol. The fourth-order valence-corrected chi connectivity index (χ4v) is 7.26. The summed E-state index contributed by atoms with van der Waals surface area (Å²) in [5.41, 5.74) is 0.864. The zero-order chi connectivity index (χ0) is 31.6. The molecule has 0 saturated carbocycles. The quantitative estimate of drug-likeness (QED) is 0.0703. The van der Waals surface area contributed by atoms with Crippen molar-refractivity contribution < 1.29 is 34.3 Å². The van der Waals surface area contributed by atoms with Gasteiger partial charge in [-0.1, -0.05) is 96.8 Å². The summed E-state index contributed by atoms with van der Waals surface area (Å²) in [6.07, 6.45) is 25.9. The molecule has 0 aromatic rings. The highest BCUT2D eigenvalue weighted by molar-refractivity contribution is 5.90. The van der Waals surface area contributed by atoms with Gasteiger partial charge in [0.15, 0.2) is 0 Å². The maximum atomic E-state index is 11.6. The molecule has 256 valence electrons. The molecule has 0 unspecified atom stereocenters. The zero-order valence-electron chi connectivity index (χ0n) is 28.1. The zero-order valence-corrected chi connectivity index (χ0v) is 28.1. The van der Waals surface area contributed by atoms with E-state index in [0.717, 1.165) is 108 Å². The van der Waals surface area contributed by atoms with Gasteiger partial charge < -0.3 is 29.5 Å². The SMILES string of the molecule is CCCC[C@H](O)CCCCC[C@H](O)[C@@H]1CC[C@@H]([C@@H]2CC[C@@H]([C@@H](O)CCCCCCCCCCCCC3=C[C@H](C)OC3=O)O2)O1. The third-order valence-electron chi connectivity index (χ3n) is 10.1. The van der Waals surface area contributed by atoms with Crippen LogP contribution in [-0.2, 0) is 19.0 Å². The van der Waals surface area contributed by atoms with E-state index in [1.807, 2.05) is 13.0 Å². The minimum atomic E-state index is -0.426. The molecule has 3 heterocycles. The largest absolute Gasteiger partial charge is 0.455 e. The number of esters is 1. The van der Waals surface area contributed by atoms with Crippen LogP contribution >= 0.6 is 0 Å². The monoisotopic (exact) mass is 622 g/mol. The number of aliphatic hydroxyl groups is 3. The lowest BCUT2D eigenvalue weighted by Gasteiger charge is -2.24. The Morgan fingerprint density at radius 2 is 1.11 bits per heavy atom. The first-order valence-electron chi connectivity index (χ1n) is 18.6. The van der Waals surface area contributed by atoms with E-state index in [2.05, 4.69) is 6.92 Å². The summed E-state index contributed by atoms with van der Waals surface area (Å²) in [7, 11) is 0. The van der Waals surface area contributed by atoms with Gasteiger partial charge in [-0.05, 0) is 77.2 Å². The Hall–Kier alpha value is -0.990. The fourth-order valence-electron chi connectivity index (χ4n) is 7.26. The van der Waals surface area contributed by atoms with Crippen molar-refractivity contribution in [2.75, 3.05) is 0 Å². The fraction of sp³-hybridized carbons (Fsp3) is 0.919. The lowest BCUT2D eigenvalue weighted by atomic mass is 10.00. The van der Waals surface area contributed by atoms with Gasteiger partial charge >= 0.3 is 5.97 Å². The number of ether oxygens (including phenoxy) is 3. The molecule has 7 heteroatoms. The Kier molecular flexibility index (Phi) is 18.5. The molecule has 3 rings (SSSR count). The Bertz CT molecular complexity index is 801. The third kappa shape index (κ3) is 14.2. The number of cyclic esters (lactones) is 1. The Labute approximate surface area is 268 Å². The second-order valence-electron chi connectivity index (χ2n) is 14.0. The highest BCUT2D eigenvalue weighted by atomic mass is 16.6. The molecule has 0 amide bonds. The molecule has 3 N–H and O–H groups in total. The first-order valence-corrected chi connectivity index (χ1v) is 18.6. The topological polar surface area (TPSA) is 105 Å². The lowest BCUT2D eigenvalue weighted by molar-refractivity contribution is -0.139. The van der Waals surface area contributed by atoms with Crippen molar-refractivity contribution in [3.05, 3.63) is 11.6 Å². The van der Waals surface area contributed by atoms with Gasteiger partial charge in [0.25, 0.3) is 0 Å². The van der Waals surface area contributed by atoms with E-state index < -0.39 is 12.2 Å². The maximum absolute atomic E-state index is 11.6. The van der Waals surface area contributed by atoms with Crippen LogP contribution in [0.5, 0.6) is 0 Å². The van der Waals surface area contributed by atoms with Crippen molar-refractivity contribution in [1.29, 1.82) is 0 Å². The summed E-state index contributed by atoms with van der Waals surface area (Å²) in [6, 6.07) is 0. The number of aliphatic hydroxyl groups excluding tert-OH is 3. The lowest BCUT2D eigenvalue weighted by Crippen LogP contribution is -2.33. The molecule has 8 atom stereocenters. The summed E-state index contributed by atoms with van der Waals surface area (Å²) < 4.78 is 17.7. The minimum absolute atomic E-state index is 0.0351. The van der Waals surface area contributed by atoms with Crippen molar-refractivity contribution in [3.63, 3.8) is 0 Å². The Morgan fingerprint density at radius 1 is 0.659 bits per heavy atom. The van der Waals surface area contributed by atoms with Crippen LogP contribution in [0.15, 0.2) is 11.6 Å². The van der Waals surface area contributed by atoms with Crippen LogP contribution in [0.2, 0.25) is 0 Å². The molecule has 0 radical (unpaired) electrons. The van der Waals surface area contributed by atoms with Crippen LogP contribution in [0.25, 0.3) is 0 Å². The van der Waals surface area contributed by atoms with E-state index >= 15 is 0 Å². The van der Waals surface area contributed by atoms with Crippen LogP contribution in [0.3, 0.4) is 0 Å². The summed E-state index contributed by atoms with van der Waals surface area (Å²) in [5.74, 6) is -0.123. The molecule has 0 aliphatic carbocycles. The van der Waals surface area contributed by atoms with Crippen molar-refractivity contribution in [2.45, 2.75) is 217 Å². The molecule has 3 aliphatic heterocycles. The average Bonchev–Trinajstić information content (AvgIpc) is 3.76. The standard InChI is InChI=1S/C37H66O7/c1-3-4-19-30(38)20-15-13-17-22-32(40)34-24-26-36(44-34)35-25-23-33(43-35)31(39)21-16-12-10-8-6-5-7-9-11-14-18-29-27-28(2)42-37(29)41/h27-28,30-36,38-40H,3-26H2,1-2H3/t28-,30-,31-,32-,33-,34-,35-,36-/m0/s1. The molecule has 44 heavy (non-hydrogen) atoms. The smallest absolute Gasteiger partial charge is 0.334 e. The van der Waals surface area contributed by atoms with Crippen molar-refractivity contribution in [2.24, 2.45) is 0 Å². The normalized spacial score (nSPS) is 27.4. The molecule has 3 aliphatic rings. The number of hydrogen-bond acceptors (Lipinski definition) is 7. The first kappa shape index (κ1) is 37.5. The number of unbranched alkanes of at least 4 members (excludes halogenated alkanes) is 12. The van der Waals surface area contributed by atoms with E-state index in [0.29, 0.717) is 0 Å². The molecule has 2 fully saturated rings. The van der Waals surface area contributed by atoms with E-state index in [1.165, 1.54) is 51.4 Å². The van der Waals surface area contributed by atoms with Crippen molar-refractivity contribution in [1.82, 2.24) is 0 Å². The van der Waals surface area contributed by atoms with Crippen LogP contribution in [0.1, 0.15) is 168 Å². The number of rotatable bonds is 25. The average molecular weight is 623 g/mol. The summed E-state index contributed by atoms with van der Waals surface area (Å²) >= 11 is 0. The van der Waals surface area contributed by atoms with Gasteiger partial charge in [0.05, 0.1) is 42.7 Å². The summed E-state index contributed by atoms with van der Waals surface area (Å²) in [6.45, 7) is 4.06. The van der Waals surface area contributed by atoms with Gasteiger partial charge in [-0.25, -0.2) is 4.79 Å². The van der Waals surface area contributed by atoms with Gasteiger partial charge in [-0.15, -0.1) is 0 Å². The van der Waals surface area contributed by atoms with Gasteiger partial charge in [0, 0.05) is 5.57 Å². The number of hydrogen-bond donors (Lipinski definition) is 3. The van der Waals surface area contributed by atoms with Gasteiger partial charge in [-0.3, -0.25) is 0 Å². The molecule has 7 nitrogen and oxygen atoms in total. The molecule has 0 aromatic heterocycles. The Morgan fingerprint density at radius 3 is 1.61 bits per heavy atom. The maximum Gasteiger partial charge on any atom is 0.334 e. The van der Waals surface area contributed by atoms with Crippen LogP contribution in [0, 0.1) is 0 Å². The first-order chi connectivity index (χ1) is 21.4. The van der Waals surface area contributed by atoms with Gasteiger partial charge in [0.1, 0.15) is 6.10 Å². The molecular weight excluding hydrogens is 556 g/mol. The van der Waals surface area contributed by atoms with Crippen LogP contribution < -0.4 is 0 Å².